The highest BCUT2D eigenvalue weighted by atomic mass is 16.5. The van der Waals surface area contributed by atoms with Crippen molar-refractivity contribution < 1.29 is 38.4 Å². The highest BCUT2D eigenvalue weighted by molar-refractivity contribution is 5.91. The summed E-state index contributed by atoms with van der Waals surface area (Å²) in [5, 5.41) is 9.12. The zero-order valence-corrected chi connectivity index (χ0v) is 27.2. The zero-order valence-electron chi connectivity index (χ0n) is 27.2. The monoisotopic (exact) mass is 651 g/mol. The summed E-state index contributed by atoms with van der Waals surface area (Å²) in [6, 6.07) is 31.1. The van der Waals surface area contributed by atoms with E-state index < -0.39 is 36.6 Å². The molecule has 4 aromatic carbocycles. The molecule has 1 saturated heterocycles. The van der Waals surface area contributed by atoms with Crippen LogP contribution >= 0.6 is 0 Å². The number of carboxylic acids is 1. The Balaban J connectivity index is 1.41. The third-order valence-electron chi connectivity index (χ3n) is 8.56. The minimum atomic E-state index is -1.09. The SMILES string of the molecule is COc1ccc(CC[C@@H](OC(=O)[C@@H]2CCCCN2C(=O)C(c2ccccc2)c2ccccc2)c2cccc(OCC(=O)O)c2)cc1OC. The Morgan fingerprint density at radius 3 is 2.10 bits per heavy atom. The first-order chi connectivity index (χ1) is 23.4. The first-order valence-corrected chi connectivity index (χ1v) is 16.1. The highest BCUT2D eigenvalue weighted by Crippen LogP contribution is 2.34. The van der Waals surface area contributed by atoms with Crippen molar-refractivity contribution in [2.75, 3.05) is 27.4 Å². The van der Waals surface area contributed by atoms with Crippen molar-refractivity contribution in [2.45, 2.75) is 50.2 Å². The molecule has 9 heteroatoms. The highest BCUT2D eigenvalue weighted by Gasteiger charge is 2.38. The molecule has 1 aliphatic rings. The van der Waals surface area contributed by atoms with Gasteiger partial charge in [-0.1, -0.05) is 78.9 Å². The van der Waals surface area contributed by atoms with E-state index in [0.717, 1.165) is 29.5 Å². The minimum Gasteiger partial charge on any atom is -0.493 e. The van der Waals surface area contributed by atoms with E-state index in [2.05, 4.69) is 0 Å². The third-order valence-corrected chi connectivity index (χ3v) is 8.56. The van der Waals surface area contributed by atoms with Crippen molar-refractivity contribution in [3.05, 3.63) is 125 Å². The van der Waals surface area contributed by atoms with Crippen LogP contribution < -0.4 is 14.2 Å². The number of hydrogen-bond acceptors (Lipinski definition) is 7. The standard InChI is InChI=1S/C39H41NO8/c1-45-34-22-20-27(24-35(34)46-2)19-21-33(30-16-11-17-31(25-30)47-26-36(41)42)48-39(44)32-18-9-10-23-40(32)38(43)37(28-12-5-3-6-13-28)29-14-7-4-8-15-29/h3-8,11-17,20,22,24-25,32-33,37H,9-10,18-19,21,23,26H2,1-2H3,(H,41,42)/t32-,33+/m0/s1. The van der Waals surface area contributed by atoms with Gasteiger partial charge in [-0.3, -0.25) is 4.79 Å². The molecule has 1 N–H and O–H groups in total. The maximum Gasteiger partial charge on any atom is 0.341 e. The van der Waals surface area contributed by atoms with Gasteiger partial charge < -0.3 is 29.0 Å². The fourth-order valence-corrected chi connectivity index (χ4v) is 6.17. The predicted molar refractivity (Wildman–Crippen MR) is 180 cm³/mol. The molecule has 1 aliphatic heterocycles. The molecule has 1 heterocycles. The van der Waals surface area contributed by atoms with Crippen LogP contribution in [0.1, 0.15) is 60.0 Å². The molecular weight excluding hydrogens is 610 g/mol. The number of likely N-dealkylation sites (tertiary alicyclic amines) is 1. The molecule has 250 valence electrons. The average Bonchev–Trinajstić information content (AvgIpc) is 3.13. The lowest BCUT2D eigenvalue weighted by molar-refractivity contribution is -0.162. The van der Waals surface area contributed by atoms with Gasteiger partial charge in [0.05, 0.1) is 20.1 Å². The van der Waals surface area contributed by atoms with Crippen LogP contribution in [0.25, 0.3) is 0 Å². The number of rotatable bonds is 14. The molecule has 0 aliphatic carbocycles. The maximum atomic E-state index is 14.4. The molecule has 1 amide bonds. The van der Waals surface area contributed by atoms with Gasteiger partial charge in [0.1, 0.15) is 17.9 Å². The van der Waals surface area contributed by atoms with Crippen LogP contribution in [0.3, 0.4) is 0 Å². The fourth-order valence-electron chi connectivity index (χ4n) is 6.17. The molecule has 1 fully saturated rings. The largest absolute Gasteiger partial charge is 0.493 e. The third kappa shape index (κ3) is 8.53. The second-order valence-electron chi connectivity index (χ2n) is 11.7. The number of aryl methyl sites for hydroxylation is 1. The second kappa shape index (κ2) is 16.5. The van der Waals surface area contributed by atoms with E-state index >= 15 is 0 Å². The number of amides is 1. The molecule has 0 bridgehead atoms. The van der Waals surface area contributed by atoms with Gasteiger partial charge in [0, 0.05) is 6.54 Å². The topological polar surface area (TPSA) is 112 Å². The van der Waals surface area contributed by atoms with Crippen molar-refractivity contribution in [2.24, 2.45) is 0 Å². The normalized spacial score (nSPS) is 15.0. The van der Waals surface area contributed by atoms with E-state index in [0.29, 0.717) is 48.6 Å². The van der Waals surface area contributed by atoms with Gasteiger partial charge in [0.25, 0.3) is 0 Å². The molecule has 0 unspecified atom stereocenters. The number of esters is 1. The molecule has 2 atom stereocenters. The fraction of sp³-hybridized carbons (Fsp3) is 0.308. The van der Waals surface area contributed by atoms with Crippen molar-refractivity contribution >= 4 is 17.8 Å². The van der Waals surface area contributed by atoms with Gasteiger partial charge in [-0.05, 0) is 78.6 Å². The Kier molecular flexibility index (Phi) is 11.7. The lowest BCUT2D eigenvalue weighted by atomic mass is 9.88. The van der Waals surface area contributed by atoms with Gasteiger partial charge in [-0.15, -0.1) is 0 Å². The quantitative estimate of drug-likeness (QED) is 0.152. The Hall–Kier alpha value is -5.31. The van der Waals surface area contributed by atoms with Crippen LogP contribution in [0.2, 0.25) is 0 Å². The summed E-state index contributed by atoms with van der Waals surface area (Å²) >= 11 is 0. The number of carbonyl (C=O) groups is 3. The lowest BCUT2D eigenvalue weighted by Gasteiger charge is -2.37. The Bertz CT molecular complexity index is 1640. The molecular formula is C39H41NO8. The Morgan fingerprint density at radius 1 is 0.792 bits per heavy atom. The molecule has 0 radical (unpaired) electrons. The van der Waals surface area contributed by atoms with Crippen molar-refractivity contribution in [1.82, 2.24) is 4.90 Å². The van der Waals surface area contributed by atoms with Gasteiger partial charge in [-0.25, -0.2) is 9.59 Å². The average molecular weight is 652 g/mol. The number of hydrogen-bond donors (Lipinski definition) is 1. The predicted octanol–water partition coefficient (Wildman–Crippen LogP) is 6.60. The van der Waals surface area contributed by atoms with Crippen LogP contribution in [0, 0.1) is 0 Å². The summed E-state index contributed by atoms with van der Waals surface area (Å²) < 4.78 is 22.6. The van der Waals surface area contributed by atoms with E-state index in [9.17, 15) is 14.4 Å². The summed E-state index contributed by atoms with van der Waals surface area (Å²) in [6.07, 6.45) is 2.33. The number of nitrogens with zero attached hydrogens (tertiary/aromatic N) is 1. The van der Waals surface area contributed by atoms with Gasteiger partial charge in [-0.2, -0.15) is 0 Å². The summed E-state index contributed by atoms with van der Waals surface area (Å²) in [6.45, 7) is -0.0493. The second-order valence-corrected chi connectivity index (χ2v) is 11.7. The molecule has 48 heavy (non-hydrogen) atoms. The lowest BCUT2D eigenvalue weighted by Crippen LogP contribution is -2.50. The van der Waals surface area contributed by atoms with E-state index in [1.54, 1.807) is 37.3 Å². The summed E-state index contributed by atoms with van der Waals surface area (Å²) in [7, 11) is 3.15. The van der Waals surface area contributed by atoms with E-state index in [1.807, 2.05) is 84.9 Å². The Morgan fingerprint density at radius 2 is 1.46 bits per heavy atom. The molecule has 0 aromatic heterocycles. The van der Waals surface area contributed by atoms with E-state index in [-0.39, 0.29) is 5.91 Å². The van der Waals surface area contributed by atoms with E-state index in [4.69, 9.17) is 24.1 Å². The smallest absolute Gasteiger partial charge is 0.341 e. The van der Waals surface area contributed by atoms with Crippen LogP contribution in [0.4, 0.5) is 0 Å². The molecule has 5 rings (SSSR count). The zero-order chi connectivity index (χ0) is 33.9. The maximum absolute atomic E-state index is 14.4. The number of benzene rings is 4. The van der Waals surface area contributed by atoms with Crippen LogP contribution in [0.5, 0.6) is 17.2 Å². The summed E-state index contributed by atoms with van der Waals surface area (Å²) in [5.74, 6) is -0.718. The molecule has 0 spiro atoms. The number of carbonyl (C=O) groups excluding carboxylic acids is 2. The van der Waals surface area contributed by atoms with Crippen LogP contribution in [-0.4, -0.2) is 61.3 Å². The van der Waals surface area contributed by atoms with Crippen molar-refractivity contribution in [3.8, 4) is 17.2 Å². The number of methoxy groups -OCH3 is 2. The van der Waals surface area contributed by atoms with Crippen LogP contribution in [0.15, 0.2) is 103 Å². The van der Waals surface area contributed by atoms with Gasteiger partial charge >= 0.3 is 11.9 Å². The number of ether oxygens (including phenoxy) is 4. The molecule has 4 aromatic rings. The Labute approximate surface area is 281 Å². The number of aliphatic carboxylic acids is 1. The van der Waals surface area contributed by atoms with Crippen molar-refractivity contribution in [1.29, 1.82) is 0 Å². The van der Waals surface area contributed by atoms with Gasteiger partial charge in [0.2, 0.25) is 5.91 Å². The molecule has 9 nitrogen and oxygen atoms in total. The molecule has 0 saturated carbocycles. The van der Waals surface area contributed by atoms with Crippen LogP contribution in [-0.2, 0) is 25.5 Å². The number of carboxylic acid groups (broad SMARTS) is 1. The van der Waals surface area contributed by atoms with E-state index in [1.165, 1.54) is 0 Å². The number of piperidine rings is 1. The summed E-state index contributed by atoms with van der Waals surface area (Å²) in [5.41, 5.74) is 3.33. The summed E-state index contributed by atoms with van der Waals surface area (Å²) in [4.78, 5) is 41.3. The van der Waals surface area contributed by atoms with Crippen molar-refractivity contribution in [3.63, 3.8) is 0 Å². The van der Waals surface area contributed by atoms with Gasteiger partial charge in [0.15, 0.2) is 18.1 Å². The minimum absolute atomic E-state index is 0.139. The first-order valence-electron chi connectivity index (χ1n) is 16.1. The first kappa shape index (κ1) is 34.0.